The molecule has 2 aromatic carbocycles. The lowest BCUT2D eigenvalue weighted by Gasteiger charge is -2.13. The first-order valence-electron chi connectivity index (χ1n) is 6.69. The third-order valence-electron chi connectivity index (χ3n) is 3.41. The Kier molecular flexibility index (Phi) is 3.61. The van der Waals surface area contributed by atoms with Crippen LogP contribution in [0.15, 0.2) is 73.3 Å². The molecule has 3 heteroatoms. The SMILES string of the molecule is NC(Cn1ccnc1)c1ccc(-c2ccccc2)cc1. The molecule has 1 atom stereocenters. The van der Waals surface area contributed by atoms with Crippen molar-refractivity contribution in [2.24, 2.45) is 5.73 Å². The second-order valence-corrected chi connectivity index (χ2v) is 4.85. The molecule has 0 amide bonds. The lowest BCUT2D eigenvalue weighted by molar-refractivity contribution is 0.576. The zero-order valence-corrected chi connectivity index (χ0v) is 11.2. The average molecular weight is 263 g/mol. The average Bonchev–Trinajstić information content (AvgIpc) is 3.01. The third-order valence-corrected chi connectivity index (χ3v) is 3.41. The quantitative estimate of drug-likeness (QED) is 0.785. The lowest BCUT2D eigenvalue weighted by Crippen LogP contribution is -2.16. The number of hydrogen-bond acceptors (Lipinski definition) is 2. The molecule has 0 radical (unpaired) electrons. The molecule has 2 N–H and O–H groups in total. The first-order valence-corrected chi connectivity index (χ1v) is 6.69. The molecule has 1 aromatic heterocycles. The Bertz CT molecular complexity index is 642. The van der Waals surface area contributed by atoms with Crippen LogP contribution in [0, 0.1) is 0 Å². The van der Waals surface area contributed by atoms with E-state index < -0.39 is 0 Å². The van der Waals surface area contributed by atoms with E-state index in [2.05, 4.69) is 41.4 Å². The van der Waals surface area contributed by atoms with Crippen LogP contribution in [0.1, 0.15) is 11.6 Å². The van der Waals surface area contributed by atoms with Gasteiger partial charge in [-0.1, -0.05) is 54.6 Å². The van der Waals surface area contributed by atoms with Gasteiger partial charge in [-0.3, -0.25) is 0 Å². The standard InChI is InChI=1S/C17H17N3/c18-17(12-20-11-10-19-13-20)16-8-6-15(7-9-16)14-4-2-1-3-5-14/h1-11,13,17H,12,18H2. The van der Waals surface area contributed by atoms with E-state index in [0.717, 1.165) is 12.1 Å². The van der Waals surface area contributed by atoms with E-state index in [-0.39, 0.29) is 6.04 Å². The van der Waals surface area contributed by atoms with Gasteiger partial charge in [0, 0.05) is 25.0 Å². The first kappa shape index (κ1) is 12.6. The number of hydrogen-bond donors (Lipinski definition) is 1. The van der Waals surface area contributed by atoms with Gasteiger partial charge >= 0.3 is 0 Å². The molecule has 3 rings (SSSR count). The second kappa shape index (κ2) is 5.72. The van der Waals surface area contributed by atoms with E-state index in [1.807, 2.05) is 29.0 Å². The number of nitrogens with two attached hydrogens (primary N) is 1. The summed E-state index contributed by atoms with van der Waals surface area (Å²) in [6.45, 7) is 0.741. The number of benzene rings is 2. The van der Waals surface area contributed by atoms with Crippen LogP contribution in [0.5, 0.6) is 0 Å². The van der Waals surface area contributed by atoms with Gasteiger partial charge in [0.15, 0.2) is 0 Å². The monoisotopic (exact) mass is 263 g/mol. The van der Waals surface area contributed by atoms with Crippen LogP contribution in [-0.2, 0) is 6.54 Å². The molecule has 0 fully saturated rings. The fraction of sp³-hybridized carbons (Fsp3) is 0.118. The maximum atomic E-state index is 6.23. The summed E-state index contributed by atoms with van der Waals surface area (Å²) in [6.07, 6.45) is 5.49. The highest BCUT2D eigenvalue weighted by Crippen LogP contribution is 2.21. The van der Waals surface area contributed by atoms with E-state index in [1.165, 1.54) is 11.1 Å². The molecule has 100 valence electrons. The van der Waals surface area contributed by atoms with Crippen molar-refractivity contribution >= 4 is 0 Å². The van der Waals surface area contributed by atoms with Crippen LogP contribution >= 0.6 is 0 Å². The Balaban J connectivity index is 1.76. The predicted octanol–water partition coefficient (Wildman–Crippen LogP) is 3.25. The normalized spacial score (nSPS) is 12.2. The molecular weight excluding hydrogens is 246 g/mol. The molecular formula is C17H17N3. The van der Waals surface area contributed by atoms with Crippen LogP contribution in [0.2, 0.25) is 0 Å². The Morgan fingerprint density at radius 1 is 0.950 bits per heavy atom. The smallest absolute Gasteiger partial charge is 0.0946 e. The molecule has 0 aliphatic heterocycles. The lowest BCUT2D eigenvalue weighted by atomic mass is 10.0. The largest absolute Gasteiger partial charge is 0.336 e. The maximum Gasteiger partial charge on any atom is 0.0946 e. The zero-order chi connectivity index (χ0) is 13.8. The molecule has 20 heavy (non-hydrogen) atoms. The summed E-state index contributed by atoms with van der Waals surface area (Å²) >= 11 is 0. The van der Waals surface area contributed by atoms with Gasteiger partial charge in [-0.2, -0.15) is 0 Å². The summed E-state index contributed by atoms with van der Waals surface area (Å²) < 4.78 is 2.00. The fourth-order valence-electron chi connectivity index (χ4n) is 2.28. The van der Waals surface area contributed by atoms with Crippen molar-refractivity contribution in [2.45, 2.75) is 12.6 Å². The molecule has 0 aliphatic rings. The predicted molar refractivity (Wildman–Crippen MR) is 81.0 cm³/mol. The number of nitrogens with zero attached hydrogens (tertiary/aromatic N) is 2. The van der Waals surface area contributed by atoms with Crippen molar-refractivity contribution in [3.63, 3.8) is 0 Å². The number of aromatic nitrogens is 2. The molecule has 1 heterocycles. The topological polar surface area (TPSA) is 43.8 Å². The summed E-state index contributed by atoms with van der Waals surface area (Å²) in [5.74, 6) is 0. The number of imidazole rings is 1. The van der Waals surface area contributed by atoms with Gasteiger partial charge in [-0.15, -0.1) is 0 Å². The van der Waals surface area contributed by atoms with Crippen LogP contribution in [0.4, 0.5) is 0 Å². The molecule has 0 saturated heterocycles. The van der Waals surface area contributed by atoms with E-state index in [0.29, 0.717) is 0 Å². The Morgan fingerprint density at radius 3 is 2.30 bits per heavy atom. The van der Waals surface area contributed by atoms with Crippen molar-refractivity contribution in [1.82, 2.24) is 9.55 Å². The highest BCUT2D eigenvalue weighted by atomic mass is 15.0. The van der Waals surface area contributed by atoms with Crippen LogP contribution in [0.25, 0.3) is 11.1 Å². The summed E-state index contributed by atoms with van der Waals surface area (Å²) in [7, 11) is 0. The number of rotatable bonds is 4. The van der Waals surface area contributed by atoms with Crippen LogP contribution < -0.4 is 5.73 Å². The minimum atomic E-state index is -0.0194. The van der Waals surface area contributed by atoms with Crippen molar-refractivity contribution in [1.29, 1.82) is 0 Å². The Hall–Kier alpha value is -2.39. The van der Waals surface area contributed by atoms with Crippen LogP contribution in [-0.4, -0.2) is 9.55 Å². The van der Waals surface area contributed by atoms with E-state index in [9.17, 15) is 0 Å². The first-order chi connectivity index (χ1) is 9.83. The molecule has 0 bridgehead atoms. The van der Waals surface area contributed by atoms with Gasteiger partial charge in [-0.05, 0) is 16.7 Å². The van der Waals surface area contributed by atoms with Gasteiger partial charge < -0.3 is 10.3 Å². The van der Waals surface area contributed by atoms with Gasteiger partial charge in [0.1, 0.15) is 0 Å². The van der Waals surface area contributed by atoms with E-state index in [1.54, 1.807) is 12.5 Å². The van der Waals surface area contributed by atoms with Gasteiger partial charge in [-0.25, -0.2) is 4.98 Å². The third kappa shape index (κ3) is 2.78. The van der Waals surface area contributed by atoms with Gasteiger partial charge in [0.05, 0.1) is 6.33 Å². The molecule has 0 aliphatic carbocycles. The summed E-state index contributed by atoms with van der Waals surface area (Å²) in [4.78, 5) is 4.03. The van der Waals surface area contributed by atoms with Gasteiger partial charge in [0.2, 0.25) is 0 Å². The van der Waals surface area contributed by atoms with Crippen molar-refractivity contribution in [3.8, 4) is 11.1 Å². The Morgan fingerprint density at radius 2 is 1.65 bits per heavy atom. The Labute approximate surface area is 118 Å². The summed E-state index contributed by atoms with van der Waals surface area (Å²) in [5.41, 5.74) is 9.80. The van der Waals surface area contributed by atoms with Gasteiger partial charge in [0.25, 0.3) is 0 Å². The van der Waals surface area contributed by atoms with E-state index in [4.69, 9.17) is 5.73 Å². The highest BCUT2D eigenvalue weighted by molar-refractivity contribution is 5.63. The van der Waals surface area contributed by atoms with Crippen molar-refractivity contribution < 1.29 is 0 Å². The summed E-state index contributed by atoms with van der Waals surface area (Å²) in [6, 6.07) is 18.8. The zero-order valence-electron chi connectivity index (χ0n) is 11.2. The molecule has 0 spiro atoms. The van der Waals surface area contributed by atoms with Crippen molar-refractivity contribution in [3.05, 3.63) is 78.9 Å². The fourth-order valence-corrected chi connectivity index (χ4v) is 2.28. The van der Waals surface area contributed by atoms with Crippen molar-refractivity contribution in [2.75, 3.05) is 0 Å². The minimum Gasteiger partial charge on any atom is -0.336 e. The molecule has 3 nitrogen and oxygen atoms in total. The maximum absolute atomic E-state index is 6.23. The molecule has 1 unspecified atom stereocenters. The summed E-state index contributed by atoms with van der Waals surface area (Å²) in [5, 5.41) is 0. The van der Waals surface area contributed by atoms with Crippen LogP contribution in [0.3, 0.4) is 0 Å². The van der Waals surface area contributed by atoms with E-state index >= 15 is 0 Å². The second-order valence-electron chi connectivity index (χ2n) is 4.85. The molecule has 0 saturated carbocycles. The minimum absolute atomic E-state index is 0.0194. The highest BCUT2D eigenvalue weighted by Gasteiger charge is 2.07. The molecule has 3 aromatic rings.